The van der Waals surface area contributed by atoms with Crippen molar-refractivity contribution < 1.29 is 22.7 Å². The molecule has 0 aliphatic heterocycles. The summed E-state index contributed by atoms with van der Waals surface area (Å²) in [4.78, 5) is 12.8. The zero-order valence-electron chi connectivity index (χ0n) is 17.1. The van der Waals surface area contributed by atoms with Crippen molar-refractivity contribution in [1.82, 2.24) is 4.31 Å². The molecule has 0 atom stereocenters. The number of carbonyl (C=O) groups excluding carboxylic acids is 1. The number of sulfonamides is 1. The van der Waals surface area contributed by atoms with Crippen molar-refractivity contribution in [3.8, 4) is 17.2 Å². The molecule has 3 rings (SSSR count). The van der Waals surface area contributed by atoms with Crippen LogP contribution in [0.2, 0.25) is 5.02 Å². The smallest absolute Gasteiger partial charge is 0.255 e. The molecule has 0 fully saturated rings. The Morgan fingerprint density at radius 2 is 1.58 bits per heavy atom. The number of hydrogen-bond donors (Lipinski definition) is 1. The van der Waals surface area contributed by atoms with E-state index in [1.54, 1.807) is 48.5 Å². The van der Waals surface area contributed by atoms with Gasteiger partial charge in [-0.15, -0.1) is 0 Å². The van der Waals surface area contributed by atoms with Crippen molar-refractivity contribution in [2.45, 2.75) is 4.90 Å². The van der Waals surface area contributed by atoms with E-state index < -0.39 is 15.9 Å². The lowest BCUT2D eigenvalue weighted by molar-refractivity contribution is 0.102. The number of methoxy groups -OCH3 is 1. The summed E-state index contributed by atoms with van der Waals surface area (Å²) >= 11 is 6.16. The van der Waals surface area contributed by atoms with Gasteiger partial charge < -0.3 is 14.8 Å². The second-order valence-electron chi connectivity index (χ2n) is 6.64. The van der Waals surface area contributed by atoms with Gasteiger partial charge in [-0.3, -0.25) is 4.79 Å². The normalized spacial score (nSPS) is 11.3. The molecule has 0 aromatic heterocycles. The molecular formula is C22H21ClN2O5S. The van der Waals surface area contributed by atoms with Gasteiger partial charge in [-0.1, -0.05) is 35.9 Å². The first-order valence-corrected chi connectivity index (χ1v) is 11.0. The van der Waals surface area contributed by atoms with E-state index in [9.17, 15) is 13.2 Å². The van der Waals surface area contributed by atoms with Crippen LogP contribution in [0.3, 0.4) is 0 Å². The molecule has 3 aromatic carbocycles. The summed E-state index contributed by atoms with van der Waals surface area (Å²) in [5, 5.41) is 3.18. The number of amides is 1. The molecule has 1 amide bonds. The number of para-hydroxylation sites is 3. The summed E-state index contributed by atoms with van der Waals surface area (Å²) in [6.07, 6.45) is 0. The molecule has 0 aliphatic carbocycles. The second kappa shape index (κ2) is 9.38. The third-order valence-corrected chi connectivity index (χ3v) is 6.52. The third-order valence-electron chi connectivity index (χ3n) is 4.38. The minimum atomic E-state index is -3.81. The first kappa shape index (κ1) is 22.6. The number of halogens is 1. The minimum absolute atomic E-state index is 0.103. The monoisotopic (exact) mass is 460 g/mol. The van der Waals surface area contributed by atoms with Gasteiger partial charge in [-0.25, -0.2) is 12.7 Å². The largest absolute Gasteiger partial charge is 0.495 e. The van der Waals surface area contributed by atoms with Gasteiger partial charge in [0.2, 0.25) is 10.0 Å². The van der Waals surface area contributed by atoms with Crippen LogP contribution in [-0.4, -0.2) is 39.8 Å². The van der Waals surface area contributed by atoms with Crippen molar-refractivity contribution in [1.29, 1.82) is 0 Å². The molecular weight excluding hydrogens is 440 g/mol. The number of rotatable bonds is 7. The van der Waals surface area contributed by atoms with E-state index in [0.717, 1.165) is 4.31 Å². The topological polar surface area (TPSA) is 84.9 Å². The lowest BCUT2D eigenvalue weighted by Crippen LogP contribution is -2.23. The average Bonchev–Trinajstić information content (AvgIpc) is 2.76. The Kier molecular flexibility index (Phi) is 6.84. The highest BCUT2D eigenvalue weighted by molar-refractivity contribution is 7.89. The fourth-order valence-corrected chi connectivity index (χ4v) is 3.96. The standard InChI is InChI=1S/C22H21ClN2O5S/c1-25(2)31(27,28)21-14-15(12-13-20(21)29-3)22(26)24-17-9-5-7-11-19(17)30-18-10-6-4-8-16(18)23/h4-14H,1-3H3,(H,24,26). The van der Waals surface area contributed by atoms with Crippen molar-refractivity contribution in [2.24, 2.45) is 0 Å². The van der Waals surface area contributed by atoms with Gasteiger partial charge >= 0.3 is 0 Å². The summed E-state index contributed by atoms with van der Waals surface area (Å²) in [6, 6.07) is 18.0. The van der Waals surface area contributed by atoms with E-state index in [2.05, 4.69) is 5.32 Å². The maximum absolute atomic E-state index is 12.9. The Bertz CT molecular complexity index is 1210. The molecule has 9 heteroatoms. The molecule has 3 aromatic rings. The Labute approximate surface area is 186 Å². The molecule has 0 heterocycles. The number of carbonyl (C=O) groups is 1. The Morgan fingerprint density at radius 3 is 2.23 bits per heavy atom. The van der Waals surface area contributed by atoms with Gasteiger partial charge in [-0.05, 0) is 42.5 Å². The van der Waals surface area contributed by atoms with Crippen LogP contribution in [0, 0.1) is 0 Å². The van der Waals surface area contributed by atoms with Crippen LogP contribution in [0.5, 0.6) is 17.2 Å². The first-order valence-electron chi connectivity index (χ1n) is 9.17. The van der Waals surface area contributed by atoms with Crippen LogP contribution < -0.4 is 14.8 Å². The number of anilines is 1. The van der Waals surface area contributed by atoms with Crippen molar-refractivity contribution in [2.75, 3.05) is 26.5 Å². The fourth-order valence-electron chi connectivity index (χ4n) is 2.72. The van der Waals surface area contributed by atoms with Gasteiger partial charge in [0.1, 0.15) is 16.4 Å². The van der Waals surface area contributed by atoms with E-state index in [-0.39, 0.29) is 16.2 Å². The van der Waals surface area contributed by atoms with E-state index >= 15 is 0 Å². The Hall–Kier alpha value is -3.07. The van der Waals surface area contributed by atoms with E-state index in [1.165, 1.54) is 39.4 Å². The molecule has 0 radical (unpaired) electrons. The maximum Gasteiger partial charge on any atom is 0.255 e. The fraction of sp³-hybridized carbons (Fsp3) is 0.136. The number of benzene rings is 3. The molecule has 31 heavy (non-hydrogen) atoms. The minimum Gasteiger partial charge on any atom is -0.495 e. The van der Waals surface area contributed by atoms with Crippen LogP contribution in [0.1, 0.15) is 10.4 Å². The van der Waals surface area contributed by atoms with Crippen LogP contribution in [0.4, 0.5) is 5.69 Å². The summed E-state index contributed by atoms with van der Waals surface area (Å²) in [7, 11) is 0.367. The predicted molar refractivity (Wildman–Crippen MR) is 120 cm³/mol. The molecule has 0 saturated heterocycles. The number of hydrogen-bond acceptors (Lipinski definition) is 5. The van der Waals surface area contributed by atoms with Crippen LogP contribution in [-0.2, 0) is 10.0 Å². The van der Waals surface area contributed by atoms with E-state index in [0.29, 0.717) is 22.2 Å². The number of ether oxygens (including phenoxy) is 2. The lowest BCUT2D eigenvalue weighted by Gasteiger charge is -2.16. The molecule has 0 aliphatic rings. The molecule has 7 nitrogen and oxygen atoms in total. The number of nitrogens with zero attached hydrogens (tertiary/aromatic N) is 1. The van der Waals surface area contributed by atoms with Gasteiger partial charge in [0.05, 0.1) is 17.8 Å². The summed E-state index contributed by atoms with van der Waals surface area (Å²) < 4.78 is 37.3. The zero-order chi connectivity index (χ0) is 22.6. The summed E-state index contributed by atoms with van der Waals surface area (Å²) in [5.74, 6) is 0.467. The van der Waals surface area contributed by atoms with Gasteiger partial charge in [0.25, 0.3) is 5.91 Å². The predicted octanol–water partition coefficient (Wildman–Crippen LogP) is 4.64. The Balaban J connectivity index is 1.92. The second-order valence-corrected chi connectivity index (χ2v) is 9.16. The Morgan fingerprint density at radius 1 is 0.935 bits per heavy atom. The highest BCUT2D eigenvalue weighted by Crippen LogP contribution is 2.34. The molecule has 162 valence electrons. The highest BCUT2D eigenvalue weighted by atomic mass is 35.5. The van der Waals surface area contributed by atoms with Crippen LogP contribution >= 0.6 is 11.6 Å². The zero-order valence-corrected chi connectivity index (χ0v) is 18.7. The van der Waals surface area contributed by atoms with E-state index in [4.69, 9.17) is 21.1 Å². The average molecular weight is 461 g/mol. The van der Waals surface area contributed by atoms with Crippen LogP contribution in [0.15, 0.2) is 71.6 Å². The SMILES string of the molecule is COc1ccc(C(=O)Nc2ccccc2Oc2ccccc2Cl)cc1S(=O)(=O)N(C)C. The van der Waals surface area contributed by atoms with Crippen molar-refractivity contribution >= 4 is 33.2 Å². The van der Waals surface area contributed by atoms with Crippen molar-refractivity contribution in [3.05, 3.63) is 77.3 Å². The number of nitrogens with one attached hydrogen (secondary N) is 1. The quantitative estimate of drug-likeness (QED) is 0.555. The molecule has 1 N–H and O–H groups in total. The molecule has 0 saturated carbocycles. The van der Waals surface area contributed by atoms with Gasteiger partial charge in [0.15, 0.2) is 5.75 Å². The van der Waals surface area contributed by atoms with Crippen molar-refractivity contribution in [3.63, 3.8) is 0 Å². The highest BCUT2D eigenvalue weighted by Gasteiger charge is 2.24. The van der Waals surface area contributed by atoms with Crippen LogP contribution in [0.25, 0.3) is 0 Å². The summed E-state index contributed by atoms with van der Waals surface area (Å²) in [6.45, 7) is 0. The molecule has 0 bridgehead atoms. The van der Waals surface area contributed by atoms with Gasteiger partial charge in [-0.2, -0.15) is 0 Å². The van der Waals surface area contributed by atoms with E-state index in [1.807, 2.05) is 0 Å². The summed E-state index contributed by atoms with van der Waals surface area (Å²) in [5.41, 5.74) is 0.550. The molecule has 0 unspecified atom stereocenters. The van der Waals surface area contributed by atoms with Gasteiger partial charge in [0, 0.05) is 19.7 Å². The first-order chi connectivity index (χ1) is 14.7. The maximum atomic E-state index is 12.9. The molecule has 0 spiro atoms. The lowest BCUT2D eigenvalue weighted by atomic mass is 10.2. The third kappa shape index (κ3) is 4.99.